The number of hydrogen-bond acceptors (Lipinski definition) is 2. The zero-order valence-electron chi connectivity index (χ0n) is 33.4. The summed E-state index contributed by atoms with van der Waals surface area (Å²) in [6.07, 6.45) is 0. The van der Waals surface area contributed by atoms with E-state index in [4.69, 9.17) is 0 Å². The van der Waals surface area contributed by atoms with Crippen LogP contribution in [0.5, 0.6) is 0 Å². The highest BCUT2D eigenvalue weighted by molar-refractivity contribution is 7.19. The van der Waals surface area contributed by atoms with E-state index in [0.29, 0.717) is 0 Å². The second kappa shape index (κ2) is 14.3. The topological polar surface area (TPSA) is 3.24 Å². The van der Waals surface area contributed by atoms with Gasteiger partial charge in [-0.15, -0.1) is 11.3 Å². The predicted octanol–water partition coefficient (Wildman–Crippen LogP) is 16.2. The number of rotatable bonds is 7. The van der Waals surface area contributed by atoms with Gasteiger partial charge in [0.15, 0.2) is 0 Å². The van der Waals surface area contributed by atoms with Gasteiger partial charge in [-0.25, -0.2) is 0 Å². The van der Waals surface area contributed by atoms with Gasteiger partial charge in [0.05, 0.1) is 5.41 Å². The fourth-order valence-electron chi connectivity index (χ4n) is 10.1. The van der Waals surface area contributed by atoms with Crippen molar-refractivity contribution in [3.8, 4) is 65.4 Å². The van der Waals surface area contributed by atoms with E-state index in [2.05, 4.69) is 241 Å². The first-order valence-corrected chi connectivity index (χ1v) is 21.8. The third kappa shape index (κ3) is 5.53. The fraction of sp³-hybridized carbons (Fsp3) is 0.0169. The molecule has 10 aromatic rings. The Kier molecular flexibility index (Phi) is 8.33. The van der Waals surface area contributed by atoms with Crippen LogP contribution in [0, 0.1) is 0 Å². The molecule has 9 aromatic carbocycles. The molecule has 0 unspecified atom stereocenters. The van der Waals surface area contributed by atoms with Gasteiger partial charge in [0.1, 0.15) is 0 Å². The second-order valence-corrected chi connectivity index (χ2v) is 17.0. The molecule has 0 saturated heterocycles. The zero-order valence-corrected chi connectivity index (χ0v) is 34.2. The van der Waals surface area contributed by atoms with Crippen molar-refractivity contribution in [3.05, 3.63) is 259 Å². The lowest BCUT2D eigenvalue weighted by Crippen LogP contribution is -2.26. The van der Waals surface area contributed by atoms with E-state index in [1.54, 1.807) is 0 Å². The summed E-state index contributed by atoms with van der Waals surface area (Å²) in [6.45, 7) is 0. The molecule has 1 aromatic heterocycles. The van der Waals surface area contributed by atoms with Crippen molar-refractivity contribution < 1.29 is 0 Å². The molecule has 2 heteroatoms. The summed E-state index contributed by atoms with van der Waals surface area (Å²) >= 11 is 1.93. The molecular weight excluding hydrogens is 755 g/mol. The Morgan fingerprint density at radius 2 is 0.607 bits per heavy atom. The van der Waals surface area contributed by atoms with Crippen LogP contribution in [0.25, 0.3) is 65.4 Å². The van der Waals surface area contributed by atoms with E-state index in [-0.39, 0.29) is 0 Å². The summed E-state index contributed by atoms with van der Waals surface area (Å²) in [6, 6.07) is 86.8. The first-order valence-electron chi connectivity index (χ1n) is 21.0. The molecule has 1 nitrogen and oxygen atoms in total. The SMILES string of the molecule is c1ccc(-c2ccc(N(c3ccc(-c4ccccc4)cc3)c3ccc(-c4sc(-c5ccccc5)c5c4C4(c6ccccc6-c6ccccc64)c4ccccc4-5)cc3)cc2)cc1. The maximum Gasteiger partial charge on any atom is 0.0740 e. The van der Waals surface area contributed by atoms with E-state index in [1.165, 1.54) is 87.6 Å². The van der Waals surface area contributed by atoms with Crippen molar-refractivity contribution in [1.29, 1.82) is 0 Å². The smallest absolute Gasteiger partial charge is 0.0740 e. The molecule has 61 heavy (non-hydrogen) atoms. The minimum atomic E-state index is -0.441. The summed E-state index contributed by atoms with van der Waals surface area (Å²) in [5.41, 5.74) is 21.0. The Labute approximate surface area is 361 Å². The maximum atomic E-state index is 2.38. The van der Waals surface area contributed by atoms with Gasteiger partial charge < -0.3 is 4.90 Å². The van der Waals surface area contributed by atoms with E-state index < -0.39 is 5.41 Å². The molecule has 0 radical (unpaired) electrons. The lowest BCUT2D eigenvalue weighted by molar-refractivity contribution is 0.798. The van der Waals surface area contributed by atoms with E-state index in [9.17, 15) is 0 Å². The molecular formula is C59H39NS. The average molecular weight is 794 g/mol. The average Bonchev–Trinajstić information content (AvgIpc) is 3.98. The Balaban J connectivity index is 1.04. The van der Waals surface area contributed by atoms with Gasteiger partial charge in [0.2, 0.25) is 0 Å². The monoisotopic (exact) mass is 793 g/mol. The van der Waals surface area contributed by atoms with Crippen molar-refractivity contribution in [2.24, 2.45) is 0 Å². The standard InChI is InChI=1S/C59H39NS/c1-4-16-40(17-5-1)42-28-34-46(35-29-42)60(47-36-30-43(31-37-47)41-18-6-2-7-19-41)48-38-32-45(33-39-48)58-56-55(57(61-58)44-20-8-3-9-21-44)51-24-12-15-27-54(51)59(56)52-25-13-10-22-49(52)50-23-11-14-26-53(50)59/h1-39H. The molecule has 0 saturated carbocycles. The van der Waals surface area contributed by atoms with Crippen LogP contribution in [0.15, 0.2) is 237 Å². The lowest BCUT2D eigenvalue weighted by atomic mass is 9.70. The molecule has 0 bridgehead atoms. The van der Waals surface area contributed by atoms with Crippen molar-refractivity contribution >= 4 is 28.4 Å². The van der Waals surface area contributed by atoms with Gasteiger partial charge in [0, 0.05) is 32.4 Å². The Morgan fingerprint density at radius 3 is 1.07 bits per heavy atom. The summed E-state index contributed by atoms with van der Waals surface area (Å²) < 4.78 is 0. The number of fused-ring (bicyclic) bond motifs is 10. The first kappa shape index (κ1) is 35.4. The lowest BCUT2D eigenvalue weighted by Gasteiger charge is -2.31. The molecule has 2 aliphatic rings. The molecule has 2 aliphatic carbocycles. The highest BCUT2D eigenvalue weighted by Crippen LogP contribution is 2.68. The molecule has 0 aliphatic heterocycles. The summed E-state index contributed by atoms with van der Waals surface area (Å²) in [4.78, 5) is 5.01. The van der Waals surface area contributed by atoms with Crippen LogP contribution < -0.4 is 4.90 Å². The van der Waals surface area contributed by atoms with Crippen molar-refractivity contribution in [3.63, 3.8) is 0 Å². The summed E-state index contributed by atoms with van der Waals surface area (Å²) in [7, 11) is 0. The second-order valence-electron chi connectivity index (χ2n) is 16.0. The number of hydrogen-bond donors (Lipinski definition) is 0. The van der Waals surface area contributed by atoms with Gasteiger partial charge in [-0.1, -0.05) is 200 Å². The molecule has 12 rings (SSSR count). The van der Waals surface area contributed by atoms with Gasteiger partial charge in [0.25, 0.3) is 0 Å². The van der Waals surface area contributed by atoms with Crippen LogP contribution >= 0.6 is 11.3 Å². The first-order chi connectivity index (χ1) is 30.3. The predicted molar refractivity (Wildman–Crippen MR) is 257 cm³/mol. The van der Waals surface area contributed by atoms with E-state index in [1.807, 2.05) is 11.3 Å². The molecule has 286 valence electrons. The Bertz CT molecular complexity index is 3070. The number of nitrogens with zero attached hydrogens (tertiary/aromatic N) is 1. The molecule has 1 heterocycles. The Hall–Kier alpha value is -7.52. The quantitative estimate of drug-likeness (QED) is 0.155. The molecule has 0 fully saturated rings. The van der Waals surface area contributed by atoms with Crippen LogP contribution in [0.1, 0.15) is 22.3 Å². The molecule has 1 spiro atoms. The van der Waals surface area contributed by atoms with Crippen LogP contribution in [-0.2, 0) is 5.41 Å². The minimum Gasteiger partial charge on any atom is -0.311 e. The number of thiophene rings is 1. The molecule has 0 N–H and O–H groups in total. The number of benzene rings is 9. The van der Waals surface area contributed by atoms with Gasteiger partial charge in [-0.3, -0.25) is 0 Å². The molecule has 0 atom stereocenters. The zero-order chi connectivity index (χ0) is 40.3. The highest BCUT2D eigenvalue weighted by Gasteiger charge is 2.54. The van der Waals surface area contributed by atoms with Crippen molar-refractivity contribution in [2.75, 3.05) is 4.90 Å². The largest absolute Gasteiger partial charge is 0.311 e. The van der Waals surface area contributed by atoms with E-state index in [0.717, 1.165) is 17.1 Å². The van der Waals surface area contributed by atoms with Gasteiger partial charge in [-0.2, -0.15) is 0 Å². The van der Waals surface area contributed by atoms with Crippen molar-refractivity contribution in [1.82, 2.24) is 0 Å². The maximum absolute atomic E-state index is 2.38. The van der Waals surface area contributed by atoms with E-state index >= 15 is 0 Å². The van der Waals surface area contributed by atoms with Crippen LogP contribution in [0.3, 0.4) is 0 Å². The third-order valence-electron chi connectivity index (χ3n) is 12.7. The van der Waals surface area contributed by atoms with Crippen LogP contribution in [-0.4, -0.2) is 0 Å². The molecule has 0 amide bonds. The fourth-order valence-corrected chi connectivity index (χ4v) is 11.5. The number of anilines is 3. The third-order valence-corrected chi connectivity index (χ3v) is 14.0. The normalized spacial score (nSPS) is 12.7. The minimum absolute atomic E-state index is 0.441. The highest BCUT2D eigenvalue weighted by atomic mass is 32.1. The van der Waals surface area contributed by atoms with Crippen LogP contribution in [0.4, 0.5) is 17.1 Å². The van der Waals surface area contributed by atoms with Gasteiger partial charge in [-0.05, 0) is 109 Å². The summed E-state index contributed by atoms with van der Waals surface area (Å²) in [5, 5.41) is 0. The van der Waals surface area contributed by atoms with Crippen LogP contribution in [0.2, 0.25) is 0 Å². The Morgan fingerprint density at radius 1 is 0.279 bits per heavy atom. The van der Waals surface area contributed by atoms with Gasteiger partial charge >= 0.3 is 0 Å². The van der Waals surface area contributed by atoms with Crippen molar-refractivity contribution in [2.45, 2.75) is 5.41 Å². The summed E-state index contributed by atoms with van der Waals surface area (Å²) in [5.74, 6) is 0.